The molecule has 1 aromatic carbocycles. The number of nitriles is 1. The van der Waals surface area contributed by atoms with E-state index < -0.39 is 4.92 Å². The molecule has 142 valence electrons. The molecule has 2 heterocycles. The highest BCUT2D eigenvalue weighted by atomic mass is 16.6. The van der Waals surface area contributed by atoms with Gasteiger partial charge in [0, 0.05) is 23.6 Å². The van der Waals surface area contributed by atoms with Crippen molar-refractivity contribution < 1.29 is 20.0 Å². The SMILES string of the molecule is CO[NH2+]/C=C\C(=C/CN1CCC2(CC1)COc1c(C#N)cccc12)[N+](=O)[O-]. The Hall–Kier alpha value is -2.73. The number of nitro groups is 1. The summed E-state index contributed by atoms with van der Waals surface area (Å²) < 4.78 is 5.87. The Morgan fingerprint density at radius 3 is 2.96 bits per heavy atom. The van der Waals surface area contributed by atoms with E-state index in [2.05, 4.69) is 17.0 Å². The molecular formula is C19H23N4O4+. The molecule has 8 heteroatoms. The molecular weight excluding hydrogens is 348 g/mol. The molecule has 0 unspecified atom stereocenters. The zero-order valence-electron chi connectivity index (χ0n) is 15.3. The maximum atomic E-state index is 11.1. The third kappa shape index (κ3) is 4.01. The minimum atomic E-state index is -0.393. The first-order chi connectivity index (χ1) is 13.1. The second kappa shape index (κ2) is 8.31. The number of nitrogens with two attached hydrogens (primary N) is 1. The largest absolute Gasteiger partial charge is 0.491 e. The second-order valence-corrected chi connectivity index (χ2v) is 6.78. The monoisotopic (exact) mass is 371 g/mol. The van der Waals surface area contributed by atoms with Crippen molar-refractivity contribution in [1.29, 1.82) is 5.26 Å². The molecule has 0 aliphatic carbocycles. The molecule has 1 aromatic rings. The zero-order chi connectivity index (χ0) is 19.3. The number of para-hydroxylation sites is 1. The van der Waals surface area contributed by atoms with Crippen LogP contribution >= 0.6 is 0 Å². The molecule has 2 N–H and O–H groups in total. The molecule has 3 rings (SSSR count). The molecule has 0 aromatic heterocycles. The lowest BCUT2D eigenvalue weighted by atomic mass is 9.74. The van der Waals surface area contributed by atoms with E-state index in [9.17, 15) is 15.4 Å². The van der Waals surface area contributed by atoms with E-state index in [1.807, 2.05) is 6.07 Å². The van der Waals surface area contributed by atoms with Crippen LogP contribution in [0, 0.1) is 21.4 Å². The zero-order valence-corrected chi connectivity index (χ0v) is 15.3. The van der Waals surface area contributed by atoms with Crippen LogP contribution in [0.2, 0.25) is 0 Å². The minimum absolute atomic E-state index is 0.0526. The Labute approximate surface area is 157 Å². The lowest BCUT2D eigenvalue weighted by molar-refractivity contribution is -0.842. The van der Waals surface area contributed by atoms with Crippen molar-refractivity contribution in [3.05, 3.63) is 63.5 Å². The van der Waals surface area contributed by atoms with Crippen molar-refractivity contribution in [1.82, 2.24) is 4.90 Å². The van der Waals surface area contributed by atoms with Gasteiger partial charge in [0.15, 0.2) is 0 Å². The van der Waals surface area contributed by atoms with Crippen LogP contribution < -0.4 is 10.2 Å². The number of likely N-dealkylation sites (tertiary alicyclic amines) is 1. The second-order valence-electron chi connectivity index (χ2n) is 6.78. The number of hydrogen-bond acceptors (Lipinski definition) is 6. The molecule has 8 nitrogen and oxygen atoms in total. The number of nitrogens with zero attached hydrogens (tertiary/aromatic N) is 3. The van der Waals surface area contributed by atoms with E-state index in [4.69, 9.17) is 9.57 Å². The summed E-state index contributed by atoms with van der Waals surface area (Å²) in [7, 11) is 1.49. The van der Waals surface area contributed by atoms with Crippen LogP contribution in [0.1, 0.15) is 24.0 Å². The molecule has 0 amide bonds. The van der Waals surface area contributed by atoms with Gasteiger partial charge in [0.25, 0.3) is 5.70 Å². The van der Waals surface area contributed by atoms with Gasteiger partial charge >= 0.3 is 0 Å². The van der Waals surface area contributed by atoms with Gasteiger partial charge in [0.1, 0.15) is 18.0 Å². The fourth-order valence-electron chi connectivity index (χ4n) is 3.71. The Morgan fingerprint density at radius 1 is 1.52 bits per heavy atom. The van der Waals surface area contributed by atoms with E-state index in [1.165, 1.54) is 24.9 Å². The molecule has 0 radical (unpaired) electrons. The number of ether oxygens (including phenoxy) is 1. The molecule has 27 heavy (non-hydrogen) atoms. The number of piperidine rings is 1. The summed E-state index contributed by atoms with van der Waals surface area (Å²) in [6.07, 6.45) is 6.39. The number of benzene rings is 1. The number of fused-ring (bicyclic) bond motifs is 2. The number of hydroxylamine groups is 1. The van der Waals surface area contributed by atoms with Crippen molar-refractivity contribution >= 4 is 0 Å². The molecule has 1 saturated heterocycles. The number of rotatable bonds is 6. The molecule has 0 atom stereocenters. The van der Waals surface area contributed by atoms with Gasteiger partial charge in [0.05, 0.1) is 30.3 Å². The van der Waals surface area contributed by atoms with Gasteiger partial charge in [-0.15, -0.1) is 0 Å². The quantitative estimate of drug-likeness (QED) is 0.456. The van der Waals surface area contributed by atoms with Gasteiger partial charge in [-0.1, -0.05) is 12.1 Å². The van der Waals surface area contributed by atoms with Crippen LogP contribution in [0.5, 0.6) is 5.75 Å². The van der Waals surface area contributed by atoms with Gasteiger partial charge in [-0.3, -0.25) is 15.0 Å². The Morgan fingerprint density at radius 2 is 2.30 bits per heavy atom. The van der Waals surface area contributed by atoms with Crippen molar-refractivity contribution in [3.8, 4) is 11.8 Å². The van der Waals surface area contributed by atoms with Gasteiger partial charge in [-0.05, 0) is 32.0 Å². The van der Waals surface area contributed by atoms with Gasteiger partial charge in [-0.2, -0.15) is 10.7 Å². The number of quaternary nitrogens is 1. The number of allylic oxidation sites excluding steroid dienone is 1. The van der Waals surface area contributed by atoms with Crippen LogP contribution in [-0.4, -0.2) is 43.2 Å². The first-order valence-corrected chi connectivity index (χ1v) is 8.85. The molecule has 0 saturated carbocycles. The summed E-state index contributed by atoms with van der Waals surface area (Å²) >= 11 is 0. The molecule has 0 bridgehead atoms. The molecule has 2 aliphatic heterocycles. The highest BCUT2D eigenvalue weighted by molar-refractivity contribution is 5.54. The standard InChI is InChI=1S/C19H22N4O4/c1-26-21-9-5-16(23(24)25)6-10-22-11-7-19(8-12-22)14-27-18-15(13-20)3-2-4-17(18)19/h2-6,9,21H,7-8,10-12,14H2,1H3/p+1/b9-5-,16-6+. The van der Waals surface area contributed by atoms with Crippen LogP contribution in [0.4, 0.5) is 0 Å². The lowest BCUT2D eigenvalue weighted by Crippen LogP contribution is -2.75. The minimum Gasteiger partial charge on any atom is -0.491 e. The highest BCUT2D eigenvalue weighted by Crippen LogP contribution is 2.46. The van der Waals surface area contributed by atoms with E-state index in [1.54, 1.807) is 12.1 Å². The van der Waals surface area contributed by atoms with E-state index >= 15 is 0 Å². The molecule has 2 aliphatic rings. The van der Waals surface area contributed by atoms with Crippen molar-refractivity contribution in [2.45, 2.75) is 18.3 Å². The summed E-state index contributed by atoms with van der Waals surface area (Å²) in [5.74, 6) is 0.725. The van der Waals surface area contributed by atoms with Crippen molar-refractivity contribution in [2.24, 2.45) is 0 Å². The van der Waals surface area contributed by atoms with Crippen LogP contribution in [-0.2, 0) is 10.3 Å². The molecule has 1 fully saturated rings. The van der Waals surface area contributed by atoms with Crippen molar-refractivity contribution in [3.63, 3.8) is 0 Å². The Bertz CT molecular complexity index is 804. The summed E-state index contributed by atoms with van der Waals surface area (Å²) in [4.78, 5) is 17.7. The summed E-state index contributed by atoms with van der Waals surface area (Å²) in [5, 5.41) is 20.4. The van der Waals surface area contributed by atoms with Crippen LogP contribution in [0.25, 0.3) is 0 Å². The maximum absolute atomic E-state index is 11.1. The van der Waals surface area contributed by atoms with Gasteiger partial charge < -0.3 is 4.74 Å². The Balaban J connectivity index is 1.64. The van der Waals surface area contributed by atoms with Crippen LogP contribution in [0.3, 0.4) is 0 Å². The topological polar surface area (TPSA) is 105 Å². The van der Waals surface area contributed by atoms with Crippen molar-refractivity contribution in [2.75, 3.05) is 33.4 Å². The lowest BCUT2D eigenvalue weighted by Gasteiger charge is -2.38. The van der Waals surface area contributed by atoms with Crippen LogP contribution in [0.15, 0.2) is 42.2 Å². The summed E-state index contributed by atoms with van der Waals surface area (Å²) in [6.45, 7) is 2.78. The average Bonchev–Trinajstić information content (AvgIpc) is 3.04. The fourth-order valence-corrected chi connectivity index (χ4v) is 3.71. The van der Waals surface area contributed by atoms with E-state index in [0.29, 0.717) is 18.7 Å². The predicted octanol–water partition coefficient (Wildman–Crippen LogP) is 1.08. The Kier molecular flexibility index (Phi) is 5.86. The highest BCUT2D eigenvalue weighted by Gasteiger charge is 2.43. The van der Waals surface area contributed by atoms with E-state index in [-0.39, 0.29) is 11.1 Å². The summed E-state index contributed by atoms with van der Waals surface area (Å²) in [5.41, 5.74) is 3.11. The fraction of sp³-hybridized carbons (Fsp3) is 0.421. The van der Waals surface area contributed by atoms with Gasteiger partial charge in [-0.25, -0.2) is 4.84 Å². The number of hydrogen-bond donors (Lipinski definition) is 1. The first-order valence-electron chi connectivity index (χ1n) is 8.85. The average molecular weight is 371 g/mol. The summed E-state index contributed by atoms with van der Waals surface area (Å²) in [6, 6.07) is 7.95. The first kappa shape index (κ1) is 19.0. The van der Waals surface area contributed by atoms with Gasteiger partial charge in [0.2, 0.25) is 0 Å². The smallest absolute Gasteiger partial charge is 0.272 e. The maximum Gasteiger partial charge on any atom is 0.272 e. The van der Waals surface area contributed by atoms with E-state index in [0.717, 1.165) is 37.2 Å². The normalized spacial score (nSPS) is 19.0. The molecule has 1 spiro atoms. The third-order valence-corrected chi connectivity index (χ3v) is 5.26. The third-order valence-electron chi connectivity index (χ3n) is 5.26. The predicted molar refractivity (Wildman–Crippen MR) is 97.2 cm³/mol.